The van der Waals surface area contributed by atoms with Crippen molar-refractivity contribution in [3.05, 3.63) is 52.0 Å². The molecule has 166 valence electrons. The number of aliphatic imine (C=N–C) groups is 1. The molecule has 0 aliphatic heterocycles. The highest BCUT2D eigenvalue weighted by Gasteiger charge is 2.33. The Morgan fingerprint density at radius 3 is 2.63 bits per heavy atom. The first-order chi connectivity index (χ1) is 14.2. The van der Waals surface area contributed by atoms with Crippen molar-refractivity contribution in [3.63, 3.8) is 0 Å². The number of thiazole rings is 1. The number of aryl methyl sites for hydroxylation is 2. The van der Waals surface area contributed by atoms with Crippen molar-refractivity contribution < 1.29 is 4.74 Å². The van der Waals surface area contributed by atoms with Crippen LogP contribution in [-0.2, 0) is 24.1 Å². The minimum absolute atomic E-state index is 0. The summed E-state index contributed by atoms with van der Waals surface area (Å²) < 4.78 is 5.34. The first-order valence-electron chi connectivity index (χ1n) is 10.6. The maximum absolute atomic E-state index is 5.34. The van der Waals surface area contributed by atoms with Gasteiger partial charge in [-0.3, -0.25) is 4.99 Å². The lowest BCUT2D eigenvalue weighted by Gasteiger charge is -2.29. The number of hydrogen-bond donors (Lipinski definition) is 2. The Hall–Kier alpha value is -1.19. The Bertz CT molecular complexity index is 760. The molecule has 0 saturated heterocycles. The van der Waals surface area contributed by atoms with E-state index in [4.69, 9.17) is 9.72 Å². The highest BCUT2D eigenvalue weighted by atomic mass is 127. The van der Waals surface area contributed by atoms with Crippen molar-refractivity contribution in [2.24, 2.45) is 10.4 Å². The number of benzene rings is 1. The highest BCUT2D eigenvalue weighted by molar-refractivity contribution is 14.0. The number of methoxy groups -OCH3 is 1. The van der Waals surface area contributed by atoms with E-state index in [1.807, 2.05) is 7.05 Å². The van der Waals surface area contributed by atoms with Crippen LogP contribution in [0.1, 0.15) is 48.4 Å². The topological polar surface area (TPSA) is 58.5 Å². The fourth-order valence-corrected chi connectivity index (χ4v) is 4.86. The quantitative estimate of drug-likeness (QED) is 0.257. The second kappa shape index (κ2) is 13.3. The fourth-order valence-electron chi connectivity index (χ4n) is 4.07. The molecule has 30 heavy (non-hydrogen) atoms. The number of aromatic nitrogens is 1. The highest BCUT2D eigenvalue weighted by Crippen LogP contribution is 2.40. The normalized spacial score (nSPS) is 15.6. The summed E-state index contributed by atoms with van der Waals surface area (Å²) >= 11 is 1.74. The first kappa shape index (κ1) is 25.1. The Morgan fingerprint density at radius 2 is 1.93 bits per heavy atom. The summed E-state index contributed by atoms with van der Waals surface area (Å²) in [5.41, 5.74) is 2.79. The van der Waals surface area contributed by atoms with Gasteiger partial charge in [-0.25, -0.2) is 4.98 Å². The minimum Gasteiger partial charge on any atom is -0.385 e. The molecule has 0 atom stereocenters. The van der Waals surface area contributed by atoms with Gasteiger partial charge in [-0.05, 0) is 36.7 Å². The van der Waals surface area contributed by atoms with Crippen LogP contribution < -0.4 is 10.6 Å². The zero-order valence-corrected chi connectivity index (χ0v) is 21.3. The number of nitrogens with zero attached hydrogens (tertiary/aromatic N) is 2. The molecular formula is C23H35IN4OS. The Balaban J connectivity index is 0.00000320. The second-order valence-corrected chi connectivity index (χ2v) is 8.89. The molecule has 0 radical (unpaired) electrons. The van der Waals surface area contributed by atoms with Gasteiger partial charge in [-0.15, -0.1) is 35.3 Å². The van der Waals surface area contributed by atoms with E-state index >= 15 is 0 Å². The van der Waals surface area contributed by atoms with Crippen molar-refractivity contribution in [2.75, 3.05) is 27.3 Å². The van der Waals surface area contributed by atoms with Crippen LogP contribution >= 0.6 is 35.3 Å². The van der Waals surface area contributed by atoms with Gasteiger partial charge in [-0.1, -0.05) is 43.2 Å². The molecule has 2 N–H and O–H groups in total. The molecule has 1 aromatic heterocycles. The van der Waals surface area contributed by atoms with Crippen LogP contribution in [0.5, 0.6) is 0 Å². The lowest BCUT2D eigenvalue weighted by molar-refractivity contribution is 0.138. The average molecular weight is 543 g/mol. The number of ether oxygens (including phenoxy) is 1. The molecule has 0 spiro atoms. The molecule has 1 aliphatic carbocycles. The van der Waals surface area contributed by atoms with Gasteiger partial charge in [0.05, 0.1) is 17.2 Å². The number of halogens is 1. The molecule has 5 nitrogen and oxygen atoms in total. The van der Waals surface area contributed by atoms with Crippen LogP contribution in [0.3, 0.4) is 0 Å². The number of hydrogen-bond acceptors (Lipinski definition) is 4. The van der Waals surface area contributed by atoms with Gasteiger partial charge < -0.3 is 15.4 Å². The molecule has 0 amide bonds. The average Bonchev–Trinajstić information content (AvgIpc) is 3.42. The zero-order chi connectivity index (χ0) is 20.4. The zero-order valence-electron chi connectivity index (χ0n) is 18.2. The molecular weight excluding hydrogens is 507 g/mol. The largest absolute Gasteiger partial charge is 0.385 e. The van der Waals surface area contributed by atoms with E-state index in [1.54, 1.807) is 18.4 Å². The lowest BCUT2D eigenvalue weighted by Crippen LogP contribution is -2.43. The van der Waals surface area contributed by atoms with Crippen LogP contribution in [0, 0.1) is 5.41 Å². The third-order valence-corrected chi connectivity index (χ3v) is 6.82. The third kappa shape index (κ3) is 7.81. The van der Waals surface area contributed by atoms with Crippen LogP contribution in [0.25, 0.3) is 0 Å². The molecule has 1 aliphatic rings. The summed E-state index contributed by atoms with van der Waals surface area (Å²) in [5, 5.41) is 10.3. The van der Waals surface area contributed by atoms with Gasteiger partial charge in [0.15, 0.2) is 5.96 Å². The molecule has 7 heteroatoms. The Kier molecular flexibility index (Phi) is 11.1. The summed E-state index contributed by atoms with van der Waals surface area (Å²) in [4.78, 5) is 9.18. The standard InChI is InChI=1S/C23H34N4OS.HI/c1-24-22(26-18-23(14-15-28-2)12-6-7-13-23)25-16-20-17-29-21(27-20)11-10-19-8-4-3-5-9-19;/h3-5,8-9,17H,6-7,10-16,18H2,1-2H3,(H2,24,25,26);1H. The SMILES string of the molecule is CN=C(NCc1csc(CCc2ccccc2)n1)NCC1(CCOC)CCCC1.I. The summed E-state index contributed by atoms with van der Waals surface area (Å²) in [5.74, 6) is 0.854. The third-order valence-electron chi connectivity index (χ3n) is 5.86. The molecule has 0 unspecified atom stereocenters. The van der Waals surface area contributed by atoms with E-state index in [9.17, 15) is 0 Å². The van der Waals surface area contributed by atoms with E-state index in [2.05, 4.69) is 51.3 Å². The van der Waals surface area contributed by atoms with Gasteiger partial charge in [0.25, 0.3) is 0 Å². The second-order valence-electron chi connectivity index (χ2n) is 7.95. The lowest BCUT2D eigenvalue weighted by atomic mass is 9.83. The first-order valence-corrected chi connectivity index (χ1v) is 11.5. The van der Waals surface area contributed by atoms with Crippen molar-refractivity contribution in [1.82, 2.24) is 15.6 Å². The van der Waals surface area contributed by atoms with Crippen LogP contribution in [-0.4, -0.2) is 38.3 Å². The number of nitrogens with one attached hydrogen (secondary N) is 2. The Morgan fingerprint density at radius 1 is 1.17 bits per heavy atom. The molecule has 0 bridgehead atoms. The van der Waals surface area contributed by atoms with E-state index in [0.717, 1.165) is 44.1 Å². The van der Waals surface area contributed by atoms with Crippen molar-refractivity contribution in [1.29, 1.82) is 0 Å². The van der Waals surface area contributed by atoms with Gasteiger partial charge in [0.2, 0.25) is 0 Å². The summed E-state index contributed by atoms with van der Waals surface area (Å²) in [6, 6.07) is 10.6. The molecule has 2 aromatic rings. The van der Waals surface area contributed by atoms with E-state index in [1.165, 1.54) is 36.3 Å². The van der Waals surface area contributed by atoms with E-state index in [-0.39, 0.29) is 24.0 Å². The Labute approximate surface area is 202 Å². The van der Waals surface area contributed by atoms with Crippen LogP contribution in [0.15, 0.2) is 40.7 Å². The van der Waals surface area contributed by atoms with Gasteiger partial charge in [0.1, 0.15) is 0 Å². The van der Waals surface area contributed by atoms with E-state index < -0.39 is 0 Å². The molecule has 1 fully saturated rings. The predicted octanol–water partition coefficient (Wildman–Crippen LogP) is 4.81. The van der Waals surface area contributed by atoms with Gasteiger partial charge in [0, 0.05) is 39.1 Å². The predicted molar refractivity (Wildman–Crippen MR) is 137 cm³/mol. The fraction of sp³-hybridized carbons (Fsp3) is 0.565. The summed E-state index contributed by atoms with van der Waals surface area (Å²) in [6.07, 6.45) is 8.33. The number of rotatable bonds is 10. The van der Waals surface area contributed by atoms with Crippen molar-refractivity contribution in [3.8, 4) is 0 Å². The van der Waals surface area contributed by atoms with Gasteiger partial charge in [-0.2, -0.15) is 0 Å². The maximum atomic E-state index is 5.34. The molecule has 1 saturated carbocycles. The number of guanidine groups is 1. The monoisotopic (exact) mass is 542 g/mol. The van der Waals surface area contributed by atoms with Crippen LogP contribution in [0.2, 0.25) is 0 Å². The summed E-state index contributed by atoms with van der Waals surface area (Å²) in [7, 11) is 3.62. The van der Waals surface area contributed by atoms with E-state index in [0.29, 0.717) is 12.0 Å². The molecule has 1 aromatic carbocycles. The minimum atomic E-state index is 0. The molecule has 3 rings (SSSR count). The van der Waals surface area contributed by atoms with Crippen molar-refractivity contribution >= 4 is 41.3 Å². The smallest absolute Gasteiger partial charge is 0.191 e. The van der Waals surface area contributed by atoms with Crippen LogP contribution in [0.4, 0.5) is 0 Å². The maximum Gasteiger partial charge on any atom is 0.191 e. The van der Waals surface area contributed by atoms with Crippen molar-refractivity contribution in [2.45, 2.75) is 51.5 Å². The van der Waals surface area contributed by atoms with Gasteiger partial charge >= 0.3 is 0 Å². The molecule has 1 heterocycles. The summed E-state index contributed by atoms with van der Waals surface area (Å²) in [6.45, 7) is 2.49.